The predicted octanol–water partition coefficient (Wildman–Crippen LogP) is 1.40. The van der Waals surface area contributed by atoms with Gasteiger partial charge in [-0.15, -0.1) is 0 Å². The lowest BCUT2D eigenvalue weighted by Gasteiger charge is -2.12. The summed E-state index contributed by atoms with van der Waals surface area (Å²) in [6.07, 6.45) is -1.34. The highest BCUT2D eigenvalue weighted by atomic mass is 19.4. The van der Waals surface area contributed by atoms with Crippen LogP contribution in [0, 0.1) is 0 Å². The quantitative estimate of drug-likeness (QED) is 0.388. The molecule has 3 N–H and O–H groups in total. The summed E-state index contributed by atoms with van der Waals surface area (Å²) in [5.41, 5.74) is -0.762. The Bertz CT molecular complexity index is 708. The van der Waals surface area contributed by atoms with E-state index < -0.39 is 11.7 Å². The molecule has 0 atom stereocenters. The molecule has 0 aliphatic heterocycles. The Morgan fingerprint density at radius 2 is 2.00 bits per heavy atom. The van der Waals surface area contributed by atoms with E-state index >= 15 is 0 Å². The van der Waals surface area contributed by atoms with Crippen molar-refractivity contribution in [2.24, 2.45) is 12.0 Å². The van der Waals surface area contributed by atoms with Gasteiger partial charge in [-0.25, -0.2) is 9.97 Å². The van der Waals surface area contributed by atoms with Crippen LogP contribution in [0.15, 0.2) is 29.6 Å². The van der Waals surface area contributed by atoms with E-state index in [1.807, 2.05) is 0 Å². The maximum Gasteiger partial charge on any atom is 0.417 e. The normalized spacial score (nSPS) is 12.1. The summed E-state index contributed by atoms with van der Waals surface area (Å²) in [6.45, 7) is 1.68. The summed E-state index contributed by atoms with van der Waals surface area (Å²) in [4.78, 5) is 12.0. The van der Waals surface area contributed by atoms with Crippen LogP contribution < -0.4 is 16.0 Å². The molecule has 0 saturated carbocycles. The topological polar surface area (TPSA) is 92.1 Å². The van der Waals surface area contributed by atoms with Gasteiger partial charge in [0, 0.05) is 33.4 Å². The highest BCUT2D eigenvalue weighted by Gasteiger charge is 2.30. The Morgan fingerprint density at radius 3 is 2.58 bits per heavy atom. The van der Waals surface area contributed by atoms with Crippen molar-refractivity contribution < 1.29 is 13.2 Å². The summed E-state index contributed by atoms with van der Waals surface area (Å²) in [6, 6.07) is 2.32. The monoisotopic (exact) mass is 370 g/mol. The predicted molar refractivity (Wildman–Crippen MR) is 91.6 cm³/mol. The molecule has 26 heavy (non-hydrogen) atoms. The second kappa shape index (κ2) is 9.02. The van der Waals surface area contributed by atoms with Crippen molar-refractivity contribution in [2.75, 3.05) is 25.5 Å². The second-order valence-corrected chi connectivity index (χ2v) is 5.36. The lowest BCUT2D eigenvalue weighted by molar-refractivity contribution is -0.137. The number of hydrogen-bond acceptors (Lipinski definition) is 5. The zero-order chi connectivity index (χ0) is 19.0. The van der Waals surface area contributed by atoms with Gasteiger partial charge in [0.1, 0.15) is 18.0 Å². The van der Waals surface area contributed by atoms with Gasteiger partial charge in [-0.3, -0.25) is 9.67 Å². The third-order valence-electron chi connectivity index (χ3n) is 3.49. The molecule has 2 aromatic heterocycles. The fourth-order valence-electron chi connectivity index (χ4n) is 2.04. The van der Waals surface area contributed by atoms with Gasteiger partial charge >= 0.3 is 6.18 Å². The zero-order valence-electron chi connectivity index (χ0n) is 14.5. The molecular formula is C15H21F3N8. The van der Waals surface area contributed by atoms with E-state index in [-0.39, 0.29) is 0 Å². The van der Waals surface area contributed by atoms with E-state index in [0.717, 1.165) is 24.5 Å². The second-order valence-electron chi connectivity index (χ2n) is 5.36. The molecule has 0 amide bonds. The molecule has 0 spiro atoms. The van der Waals surface area contributed by atoms with E-state index in [1.54, 1.807) is 18.8 Å². The molecule has 0 radical (unpaired) electrons. The van der Waals surface area contributed by atoms with E-state index in [1.165, 1.54) is 12.4 Å². The van der Waals surface area contributed by atoms with Crippen LogP contribution in [-0.4, -0.2) is 45.8 Å². The molecule has 0 bridgehead atoms. The Kier molecular flexibility index (Phi) is 6.75. The molecular weight excluding hydrogens is 349 g/mol. The first kappa shape index (κ1) is 19.5. The van der Waals surface area contributed by atoms with E-state index in [4.69, 9.17) is 0 Å². The highest BCUT2D eigenvalue weighted by Crippen LogP contribution is 2.28. The van der Waals surface area contributed by atoms with Gasteiger partial charge in [0.25, 0.3) is 0 Å². The van der Waals surface area contributed by atoms with Crippen LogP contribution >= 0.6 is 0 Å². The van der Waals surface area contributed by atoms with Crippen molar-refractivity contribution in [2.45, 2.75) is 19.1 Å². The maximum absolute atomic E-state index is 12.5. The number of nitrogens with zero attached hydrogens (tertiary/aromatic N) is 5. The highest BCUT2D eigenvalue weighted by molar-refractivity contribution is 5.79. The minimum absolute atomic E-state index is 0.405. The van der Waals surface area contributed by atoms with Crippen molar-refractivity contribution in [3.63, 3.8) is 0 Å². The van der Waals surface area contributed by atoms with Crippen LogP contribution in [0.3, 0.4) is 0 Å². The first-order chi connectivity index (χ1) is 12.4. The molecule has 8 nitrogen and oxygen atoms in total. The number of guanidine groups is 1. The number of alkyl halides is 3. The molecule has 0 aliphatic rings. The molecule has 0 aromatic carbocycles. The molecule has 142 valence electrons. The summed E-state index contributed by atoms with van der Waals surface area (Å²) < 4.78 is 39.1. The van der Waals surface area contributed by atoms with Crippen molar-refractivity contribution in [3.05, 3.63) is 36.0 Å². The molecule has 0 fully saturated rings. The minimum Gasteiger partial charge on any atom is -0.370 e. The number of hydrogen-bond donors (Lipinski definition) is 3. The van der Waals surface area contributed by atoms with Crippen LogP contribution in [0.1, 0.15) is 17.8 Å². The summed E-state index contributed by atoms with van der Waals surface area (Å²) in [5.74, 6) is 1.81. The van der Waals surface area contributed by atoms with Crippen molar-refractivity contribution in [1.82, 2.24) is 30.4 Å². The van der Waals surface area contributed by atoms with Gasteiger partial charge in [0.05, 0.1) is 12.1 Å². The van der Waals surface area contributed by atoms with Crippen molar-refractivity contribution in [1.29, 1.82) is 0 Å². The molecule has 2 heterocycles. The fourth-order valence-corrected chi connectivity index (χ4v) is 2.04. The number of anilines is 1. The standard InChI is InChI=1S/C15H21F3N8/c1-19-14(23-9-13-24-10-25-26(13)2)21-7-3-6-20-12-5-4-11(8-22-12)15(16,17)18/h4-5,8,10H,3,6-7,9H2,1-2H3,(H,20,22)(H2,19,21,23). The molecule has 2 aromatic rings. The Morgan fingerprint density at radius 1 is 1.19 bits per heavy atom. The number of halogens is 3. The largest absolute Gasteiger partial charge is 0.417 e. The first-order valence-electron chi connectivity index (χ1n) is 7.94. The molecule has 2 rings (SSSR count). The van der Waals surface area contributed by atoms with Gasteiger partial charge in [0.15, 0.2) is 5.96 Å². The summed E-state index contributed by atoms with van der Waals surface area (Å²) in [7, 11) is 3.47. The third kappa shape index (κ3) is 5.90. The molecule has 0 aliphatic carbocycles. The van der Waals surface area contributed by atoms with Crippen molar-refractivity contribution >= 4 is 11.8 Å². The van der Waals surface area contributed by atoms with Crippen LogP contribution in [0.4, 0.5) is 19.0 Å². The number of pyridine rings is 1. The molecule has 0 saturated heterocycles. The van der Waals surface area contributed by atoms with Gasteiger partial charge in [0.2, 0.25) is 0 Å². The van der Waals surface area contributed by atoms with Gasteiger partial charge in [-0.2, -0.15) is 18.3 Å². The van der Waals surface area contributed by atoms with E-state index in [9.17, 15) is 13.2 Å². The van der Waals surface area contributed by atoms with E-state index in [2.05, 4.69) is 36.0 Å². The average Bonchev–Trinajstić information content (AvgIpc) is 3.02. The minimum atomic E-state index is -4.37. The van der Waals surface area contributed by atoms with Crippen LogP contribution in [0.25, 0.3) is 0 Å². The number of aliphatic imine (C=N–C) groups is 1. The molecule has 11 heteroatoms. The van der Waals surface area contributed by atoms with Crippen LogP contribution in [0.5, 0.6) is 0 Å². The lowest BCUT2D eigenvalue weighted by Crippen LogP contribution is -2.38. The van der Waals surface area contributed by atoms with Crippen LogP contribution in [0.2, 0.25) is 0 Å². The maximum atomic E-state index is 12.5. The SMILES string of the molecule is CN=C(NCCCNc1ccc(C(F)(F)F)cn1)NCc1ncnn1C. The first-order valence-corrected chi connectivity index (χ1v) is 7.94. The third-order valence-corrected chi connectivity index (χ3v) is 3.49. The van der Waals surface area contributed by atoms with Gasteiger partial charge < -0.3 is 16.0 Å². The Hall–Kier alpha value is -2.85. The lowest BCUT2D eigenvalue weighted by atomic mass is 10.3. The number of nitrogens with one attached hydrogen (secondary N) is 3. The summed E-state index contributed by atoms with van der Waals surface area (Å²) >= 11 is 0. The Labute approximate surface area is 148 Å². The zero-order valence-corrected chi connectivity index (χ0v) is 14.5. The van der Waals surface area contributed by atoms with Gasteiger partial charge in [-0.05, 0) is 18.6 Å². The Balaban J connectivity index is 1.65. The smallest absolute Gasteiger partial charge is 0.370 e. The number of rotatable bonds is 7. The summed E-state index contributed by atoms with van der Waals surface area (Å²) in [5, 5.41) is 13.2. The van der Waals surface area contributed by atoms with Crippen molar-refractivity contribution in [3.8, 4) is 0 Å². The van der Waals surface area contributed by atoms with Gasteiger partial charge in [-0.1, -0.05) is 0 Å². The number of aryl methyl sites for hydroxylation is 1. The average molecular weight is 370 g/mol. The fraction of sp³-hybridized carbons (Fsp3) is 0.467. The van der Waals surface area contributed by atoms with E-state index in [0.29, 0.717) is 31.4 Å². The number of aromatic nitrogens is 4. The van der Waals surface area contributed by atoms with Crippen LogP contribution in [-0.2, 0) is 19.8 Å². The molecule has 0 unspecified atom stereocenters.